The highest BCUT2D eigenvalue weighted by Crippen LogP contribution is 2.20. The van der Waals surface area contributed by atoms with Crippen LogP contribution in [0.25, 0.3) is 0 Å². The zero-order valence-corrected chi connectivity index (χ0v) is 20.0. The predicted molar refractivity (Wildman–Crippen MR) is 123 cm³/mol. The minimum atomic E-state index is -0.200. The van der Waals surface area contributed by atoms with E-state index in [9.17, 15) is 4.79 Å². The van der Waals surface area contributed by atoms with Crippen molar-refractivity contribution < 1.29 is 9.53 Å². The van der Waals surface area contributed by atoms with Gasteiger partial charge in [0.25, 0.3) is 0 Å². The number of nitrogens with zero attached hydrogens (tertiary/aromatic N) is 3. The summed E-state index contributed by atoms with van der Waals surface area (Å²) in [5.74, 6) is 0.762. The lowest BCUT2D eigenvalue weighted by Gasteiger charge is -2.26. The average Bonchev–Trinajstić information content (AvgIpc) is 2.62. The molecule has 6 nitrogen and oxygen atoms in total. The van der Waals surface area contributed by atoms with Gasteiger partial charge in [0.15, 0.2) is 5.96 Å². The second kappa shape index (κ2) is 14.0. The van der Waals surface area contributed by atoms with Gasteiger partial charge in [0.1, 0.15) is 6.10 Å². The van der Waals surface area contributed by atoms with E-state index in [0.29, 0.717) is 30.6 Å². The molecule has 1 aromatic carbocycles. The number of likely N-dealkylation sites (N-methyl/N-ethyl adjacent to an activating group) is 2. The zero-order chi connectivity index (χ0) is 19.5. The summed E-state index contributed by atoms with van der Waals surface area (Å²) in [5, 5.41) is 3.90. The molecule has 1 amide bonds. The number of nitrogens with one attached hydrogen (secondary N) is 1. The third-order valence-electron chi connectivity index (χ3n) is 4.10. The van der Waals surface area contributed by atoms with Crippen LogP contribution in [0.15, 0.2) is 29.3 Å². The molecule has 1 atom stereocenters. The maximum atomic E-state index is 12.3. The van der Waals surface area contributed by atoms with Crippen LogP contribution in [0, 0.1) is 0 Å². The highest BCUT2D eigenvalue weighted by molar-refractivity contribution is 14.0. The Morgan fingerprint density at radius 2 is 1.96 bits per heavy atom. The number of methoxy groups -OCH3 is 1. The molecule has 1 N–H and O–H groups in total. The summed E-state index contributed by atoms with van der Waals surface area (Å²) in [6.45, 7) is 8.81. The topological polar surface area (TPSA) is 57.2 Å². The number of benzene rings is 1. The molecule has 1 rings (SSSR count). The molecular weight excluding hydrogens is 479 g/mol. The van der Waals surface area contributed by atoms with Crippen molar-refractivity contribution in [3.63, 3.8) is 0 Å². The lowest BCUT2D eigenvalue weighted by atomic mass is 10.1. The predicted octanol–water partition coefficient (Wildman–Crippen LogP) is 3.41. The number of rotatable bonds is 9. The van der Waals surface area contributed by atoms with Gasteiger partial charge in [-0.25, -0.2) is 0 Å². The fourth-order valence-corrected chi connectivity index (χ4v) is 2.81. The summed E-state index contributed by atoms with van der Waals surface area (Å²) in [7, 11) is 3.52. The fraction of sp³-hybridized carbons (Fsp3) is 0.579. The van der Waals surface area contributed by atoms with Crippen LogP contribution in [0.5, 0.6) is 0 Å². The Morgan fingerprint density at radius 3 is 2.48 bits per heavy atom. The number of carbonyl (C=O) groups is 1. The Labute approximate surface area is 185 Å². The van der Waals surface area contributed by atoms with Crippen molar-refractivity contribution >= 4 is 47.4 Å². The Morgan fingerprint density at radius 1 is 1.30 bits per heavy atom. The van der Waals surface area contributed by atoms with Crippen LogP contribution in [-0.2, 0) is 9.53 Å². The molecule has 0 bridgehead atoms. The number of carbonyl (C=O) groups excluding carboxylic acids is 1. The fourth-order valence-electron chi connectivity index (χ4n) is 2.62. The molecule has 0 saturated heterocycles. The van der Waals surface area contributed by atoms with Gasteiger partial charge >= 0.3 is 0 Å². The van der Waals surface area contributed by atoms with Gasteiger partial charge in [0.05, 0.1) is 13.1 Å². The van der Waals surface area contributed by atoms with Crippen LogP contribution in [0.3, 0.4) is 0 Å². The first-order valence-electron chi connectivity index (χ1n) is 9.02. The zero-order valence-electron chi connectivity index (χ0n) is 16.9. The quantitative estimate of drug-likeness (QED) is 0.314. The van der Waals surface area contributed by atoms with Gasteiger partial charge in [-0.05, 0) is 38.5 Å². The molecule has 1 aromatic rings. The number of halogens is 2. The van der Waals surface area contributed by atoms with Crippen molar-refractivity contribution in [2.45, 2.75) is 26.9 Å². The van der Waals surface area contributed by atoms with Crippen LogP contribution in [0.2, 0.25) is 5.02 Å². The van der Waals surface area contributed by atoms with E-state index in [1.165, 1.54) is 0 Å². The average molecular weight is 511 g/mol. The molecule has 1 unspecified atom stereocenters. The van der Waals surface area contributed by atoms with E-state index in [-0.39, 0.29) is 42.5 Å². The van der Waals surface area contributed by atoms with Gasteiger partial charge in [-0.2, -0.15) is 0 Å². The van der Waals surface area contributed by atoms with Gasteiger partial charge < -0.3 is 19.9 Å². The van der Waals surface area contributed by atoms with Gasteiger partial charge in [0.2, 0.25) is 5.91 Å². The maximum absolute atomic E-state index is 12.3. The van der Waals surface area contributed by atoms with Crippen LogP contribution in [0.1, 0.15) is 32.4 Å². The molecule has 0 spiro atoms. The third-order valence-corrected chi connectivity index (χ3v) is 4.33. The second-order valence-corrected chi connectivity index (χ2v) is 6.33. The highest BCUT2D eigenvalue weighted by atomic mass is 127. The number of aliphatic imine (C=N–C) groups is 1. The minimum Gasteiger partial charge on any atom is -0.375 e. The highest BCUT2D eigenvalue weighted by Gasteiger charge is 2.16. The van der Waals surface area contributed by atoms with E-state index in [1.54, 1.807) is 7.11 Å². The molecule has 0 heterocycles. The first-order chi connectivity index (χ1) is 12.5. The molecule has 0 aliphatic carbocycles. The summed E-state index contributed by atoms with van der Waals surface area (Å²) in [6.07, 6.45) is -0.200. The Balaban J connectivity index is 0.00000676. The van der Waals surface area contributed by atoms with Crippen LogP contribution in [0.4, 0.5) is 0 Å². The molecular formula is C19H32ClIN4O2. The Kier molecular flexibility index (Phi) is 13.5. The number of amides is 1. The first-order valence-corrected chi connectivity index (χ1v) is 9.39. The standard InChI is InChI=1S/C19H31ClN4O2.HI/c1-6-21-19(23(4)14-18(25)24(7-2)8-3)22-13-17(26-5)15-10-9-11-16(20)12-15;/h9-12,17H,6-8,13-14H2,1-5H3,(H,21,22);1H. The van der Waals surface area contributed by atoms with Crippen molar-refractivity contribution in [3.8, 4) is 0 Å². The number of guanidine groups is 1. The number of ether oxygens (including phenoxy) is 1. The summed E-state index contributed by atoms with van der Waals surface area (Å²) < 4.78 is 5.57. The second-order valence-electron chi connectivity index (χ2n) is 5.90. The summed E-state index contributed by atoms with van der Waals surface area (Å²) in [4.78, 5) is 20.6. The molecule has 0 aliphatic rings. The largest absolute Gasteiger partial charge is 0.375 e. The maximum Gasteiger partial charge on any atom is 0.242 e. The summed E-state index contributed by atoms with van der Waals surface area (Å²) >= 11 is 6.07. The third kappa shape index (κ3) is 8.66. The van der Waals surface area contributed by atoms with E-state index in [1.807, 2.05) is 61.9 Å². The molecule has 8 heteroatoms. The van der Waals surface area contributed by atoms with Crippen molar-refractivity contribution in [3.05, 3.63) is 34.9 Å². The first kappa shape index (κ1) is 25.9. The minimum absolute atomic E-state index is 0. The van der Waals surface area contributed by atoms with Gasteiger partial charge in [0, 0.05) is 38.8 Å². The normalized spacial score (nSPS) is 12.1. The molecule has 0 radical (unpaired) electrons. The van der Waals surface area contributed by atoms with Crippen molar-refractivity contribution in [1.29, 1.82) is 0 Å². The molecule has 0 aromatic heterocycles. The van der Waals surface area contributed by atoms with E-state index >= 15 is 0 Å². The van der Waals surface area contributed by atoms with Gasteiger partial charge in [-0.3, -0.25) is 9.79 Å². The van der Waals surface area contributed by atoms with Gasteiger partial charge in [-0.1, -0.05) is 23.7 Å². The summed E-state index contributed by atoms with van der Waals surface area (Å²) in [6, 6.07) is 7.58. The van der Waals surface area contributed by atoms with Crippen LogP contribution in [-0.4, -0.2) is 68.5 Å². The van der Waals surface area contributed by atoms with Gasteiger partial charge in [-0.15, -0.1) is 24.0 Å². The van der Waals surface area contributed by atoms with Crippen LogP contribution < -0.4 is 5.32 Å². The van der Waals surface area contributed by atoms with Crippen LogP contribution >= 0.6 is 35.6 Å². The summed E-state index contributed by atoms with van der Waals surface area (Å²) in [5.41, 5.74) is 0.974. The van der Waals surface area contributed by atoms with Crippen molar-refractivity contribution in [2.24, 2.45) is 4.99 Å². The van der Waals surface area contributed by atoms with E-state index in [4.69, 9.17) is 16.3 Å². The molecule has 0 aliphatic heterocycles. The Hall–Kier alpha value is -1.06. The Bertz CT molecular complexity index is 597. The molecule has 154 valence electrons. The van der Waals surface area contributed by atoms with E-state index in [2.05, 4.69) is 10.3 Å². The number of hydrogen-bond donors (Lipinski definition) is 1. The van der Waals surface area contributed by atoms with Crippen molar-refractivity contribution in [1.82, 2.24) is 15.1 Å². The smallest absolute Gasteiger partial charge is 0.242 e. The lowest BCUT2D eigenvalue weighted by Crippen LogP contribution is -2.45. The monoisotopic (exact) mass is 510 g/mol. The molecule has 0 fully saturated rings. The SMILES string of the molecule is CCNC(=NCC(OC)c1cccc(Cl)c1)N(C)CC(=O)N(CC)CC.I. The van der Waals surface area contributed by atoms with E-state index in [0.717, 1.165) is 12.1 Å². The molecule has 0 saturated carbocycles. The van der Waals surface area contributed by atoms with Crippen molar-refractivity contribution in [2.75, 3.05) is 46.9 Å². The molecule has 27 heavy (non-hydrogen) atoms. The lowest BCUT2D eigenvalue weighted by molar-refractivity contribution is -0.131. The number of hydrogen-bond acceptors (Lipinski definition) is 3. The van der Waals surface area contributed by atoms with E-state index < -0.39 is 0 Å².